The van der Waals surface area contributed by atoms with Crippen molar-refractivity contribution in [3.63, 3.8) is 0 Å². The lowest BCUT2D eigenvalue weighted by atomic mass is 10.3. The second kappa shape index (κ2) is 7.25. The van der Waals surface area contributed by atoms with Crippen molar-refractivity contribution in [2.75, 3.05) is 13.1 Å². The first-order valence-corrected chi connectivity index (χ1v) is 4.78. The average molecular weight is 217 g/mol. The van der Waals surface area contributed by atoms with Crippen LogP contribution in [0.1, 0.15) is 19.8 Å². The topological polar surface area (TPSA) is 84.2 Å². The summed E-state index contributed by atoms with van der Waals surface area (Å²) in [5.41, 5.74) is 5.16. The van der Waals surface area contributed by atoms with E-state index in [1.165, 1.54) is 0 Å². The van der Waals surface area contributed by atoms with Crippen molar-refractivity contribution in [2.45, 2.75) is 19.8 Å². The van der Waals surface area contributed by atoms with Gasteiger partial charge in [-0.3, -0.25) is 9.59 Å². The number of amides is 2. The summed E-state index contributed by atoms with van der Waals surface area (Å²) in [6.07, 6.45) is 0.307. The molecule has 0 aromatic rings. The standard InChI is InChI=1S/C8H15N3O2S/c1-2-10-7(12)3-4-11-8(13)5-6(9)14/h2-5H2,1H3,(H2,9,14)(H,10,12)(H,11,13). The molecule has 0 fully saturated rings. The molecule has 0 unspecified atom stereocenters. The van der Waals surface area contributed by atoms with Crippen molar-refractivity contribution in [1.82, 2.24) is 10.6 Å². The Morgan fingerprint density at radius 3 is 2.43 bits per heavy atom. The molecule has 14 heavy (non-hydrogen) atoms. The maximum absolute atomic E-state index is 11.0. The van der Waals surface area contributed by atoms with Gasteiger partial charge in [0.15, 0.2) is 0 Å². The Morgan fingerprint density at radius 2 is 1.93 bits per heavy atom. The van der Waals surface area contributed by atoms with Crippen LogP contribution >= 0.6 is 12.2 Å². The van der Waals surface area contributed by atoms with Crippen molar-refractivity contribution in [1.29, 1.82) is 0 Å². The molecule has 0 heterocycles. The molecule has 0 atom stereocenters. The molecule has 0 aromatic carbocycles. The molecule has 0 aliphatic heterocycles. The summed E-state index contributed by atoms with van der Waals surface area (Å²) in [6.45, 7) is 2.75. The van der Waals surface area contributed by atoms with Crippen LogP contribution in [0.25, 0.3) is 0 Å². The Balaban J connectivity index is 3.49. The molecule has 0 rings (SSSR count). The van der Waals surface area contributed by atoms with Crippen molar-refractivity contribution in [3.8, 4) is 0 Å². The highest BCUT2D eigenvalue weighted by Crippen LogP contribution is 1.82. The maximum Gasteiger partial charge on any atom is 0.226 e. The number of rotatable bonds is 6. The molecule has 5 nitrogen and oxygen atoms in total. The Bertz CT molecular complexity index is 231. The summed E-state index contributed by atoms with van der Waals surface area (Å²) >= 11 is 4.55. The van der Waals surface area contributed by atoms with E-state index in [4.69, 9.17) is 5.73 Å². The van der Waals surface area contributed by atoms with Crippen LogP contribution in [0.2, 0.25) is 0 Å². The summed E-state index contributed by atoms with van der Waals surface area (Å²) < 4.78 is 0. The number of hydrogen-bond donors (Lipinski definition) is 3. The Labute approximate surface area is 88.4 Å². The lowest BCUT2D eigenvalue weighted by Crippen LogP contribution is -2.32. The van der Waals surface area contributed by atoms with E-state index in [-0.39, 0.29) is 29.6 Å². The molecule has 0 aliphatic rings. The minimum absolute atomic E-state index is 0.0325. The minimum Gasteiger partial charge on any atom is -0.393 e. The van der Waals surface area contributed by atoms with Crippen LogP contribution < -0.4 is 16.4 Å². The zero-order chi connectivity index (χ0) is 11.0. The highest BCUT2D eigenvalue weighted by atomic mass is 32.1. The Morgan fingerprint density at radius 1 is 1.29 bits per heavy atom. The molecular formula is C8H15N3O2S. The van der Waals surface area contributed by atoms with Crippen LogP contribution in [-0.2, 0) is 9.59 Å². The number of thiocarbonyl (C=S) groups is 1. The van der Waals surface area contributed by atoms with Crippen LogP contribution in [0.4, 0.5) is 0 Å². The first-order valence-electron chi connectivity index (χ1n) is 4.38. The van der Waals surface area contributed by atoms with Gasteiger partial charge in [0.1, 0.15) is 0 Å². The van der Waals surface area contributed by atoms with Crippen LogP contribution in [0, 0.1) is 0 Å². The molecule has 0 radical (unpaired) electrons. The van der Waals surface area contributed by atoms with Gasteiger partial charge in [-0.05, 0) is 6.92 Å². The SMILES string of the molecule is CCNC(=O)CCNC(=O)CC(N)=S. The van der Waals surface area contributed by atoms with E-state index in [1.54, 1.807) is 0 Å². The summed E-state index contributed by atoms with van der Waals surface area (Å²) in [7, 11) is 0. The highest BCUT2D eigenvalue weighted by Gasteiger charge is 2.03. The predicted octanol–water partition coefficient (Wildman–Crippen LogP) is -0.695. The lowest BCUT2D eigenvalue weighted by Gasteiger charge is -2.04. The van der Waals surface area contributed by atoms with Gasteiger partial charge in [0, 0.05) is 19.5 Å². The molecule has 0 spiro atoms. The molecule has 6 heteroatoms. The van der Waals surface area contributed by atoms with Crippen LogP contribution in [0.5, 0.6) is 0 Å². The smallest absolute Gasteiger partial charge is 0.226 e. The fourth-order valence-electron chi connectivity index (χ4n) is 0.822. The third kappa shape index (κ3) is 7.48. The second-order valence-corrected chi connectivity index (χ2v) is 3.22. The monoisotopic (exact) mass is 217 g/mol. The number of nitrogens with two attached hydrogens (primary N) is 1. The van der Waals surface area contributed by atoms with E-state index >= 15 is 0 Å². The summed E-state index contributed by atoms with van der Waals surface area (Å²) in [6, 6.07) is 0. The van der Waals surface area contributed by atoms with Crippen molar-refractivity contribution >= 4 is 29.0 Å². The Kier molecular flexibility index (Phi) is 6.65. The Hall–Kier alpha value is -1.17. The molecule has 0 bridgehead atoms. The van der Waals surface area contributed by atoms with Gasteiger partial charge in [-0.15, -0.1) is 0 Å². The van der Waals surface area contributed by atoms with E-state index in [2.05, 4.69) is 22.9 Å². The van der Waals surface area contributed by atoms with E-state index in [9.17, 15) is 9.59 Å². The number of hydrogen-bond acceptors (Lipinski definition) is 3. The molecule has 2 amide bonds. The maximum atomic E-state index is 11.0. The predicted molar refractivity (Wildman–Crippen MR) is 57.7 cm³/mol. The van der Waals surface area contributed by atoms with Gasteiger partial charge >= 0.3 is 0 Å². The lowest BCUT2D eigenvalue weighted by molar-refractivity contribution is -0.121. The van der Waals surface area contributed by atoms with E-state index in [1.807, 2.05) is 6.92 Å². The molecular weight excluding hydrogens is 202 g/mol. The van der Waals surface area contributed by atoms with Gasteiger partial charge in [0.25, 0.3) is 0 Å². The first kappa shape index (κ1) is 12.8. The van der Waals surface area contributed by atoms with Crippen LogP contribution in [-0.4, -0.2) is 29.9 Å². The number of carbonyl (C=O) groups excluding carboxylic acids is 2. The number of carbonyl (C=O) groups is 2. The van der Waals surface area contributed by atoms with E-state index in [0.29, 0.717) is 13.1 Å². The van der Waals surface area contributed by atoms with Crippen LogP contribution in [0.3, 0.4) is 0 Å². The molecule has 0 saturated carbocycles. The number of nitrogens with one attached hydrogen (secondary N) is 2. The fourth-order valence-corrected chi connectivity index (χ4v) is 0.953. The van der Waals surface area contributed by atoms with Crippen LogP contribution in [0.15, 0.2) is 0 Å². The van der Waals surface area contributed by atoms with Crippen molar-refractivity contribution in [2.24, 2.45) is 5.73 Å². The first-order chi connectivity index (χ1) is 6.56. The fraction of sp³-hybridized carbons (Fsp3) is 0.625. The zero-order valence-electron chi connectivity index (χ0n) is 8.13. The normalized spacial score (nSPS) is 9.21. The molecule has 0 aromatic heterocycles. The minimum atomic E-state index is -0.248. The summed E-state index contributed by atoms with van der Waals surface area (Å²) in [5, 5.41) is 5.16. The summed E-state index contributed by atoms with van der Waals surface area (Å²) in [5.74, 6) is -0.329. The third-order valence-corrected chi connectivity index (χ3v) is 1.53. The van der Waals surface area contributed by atoms with E-state index in [0.717, 1.165) is 0 Å². The van der Waals surface area contributed by atoms with Crippen molar-refractivity contribution in [3.05, 3.63) is 0 Å². The molecule has 4 N–H and O–H groups in total. The summed E-state index contributed by atoms with van der Waals surface area (Å²) in [4.78, 5) is 22.1. The molecule has 0 aliphatic carbocycles. The highest BCUT2D eigenvalue weighted by molar-refractivity contribution is 7.80. The van der Waals surface area contributed by atoms with E-state index < -0.39 is 0 Å². The molecule has 0 saturated heterocycles. The average Bonchev–Trinajstić information content (AvgIpc) is 2.02. The van der Waals surface area contributed by atoms with Gasteiger partial charge in [-0.2, -0.15) is 0 Å². The largest absolute Gasteiger partial charge is 0.393 e. The molecule has 80 valence electrons. The third-order valence-electron chi connectivity index (χ3n) is 1.38. The van der Waals surface area contributed by atoms with Crippen molar-refractivity contribution < 1.29 is 9.59 Å². The quantitative estimate of drug-likeness (QED) is 0.514. The van der Waals surface area contributed by atoms with Gasteiger partial charge in [0.2, 0.25) is 11.8 Å². The zero-order valence-corrected chi connectivity index (χ0v) is 8.95. The van der Waals surface area contributed by atoms with Gasteiger partial charge in [-0.1, -0.05) is 12.2 Å². The van der Waals surface area contributed by atoms with Gasteiger partial charge < -0.3 is 16.4 Å². The van der Waals surface area contributed by atoms with Gasteiger partial charge in [-0.25, -0.2) is 0 Å². The second-order valence-electron chi connectivity index (χ2n) is 2.70. The van der Waals surface area contributed by atoms with Gasteiger partial charge in [0.05, 0.1) is 11.4 Å².